The molecule has 1 amide bonds. The van der Waals surface area contributed by atoms with Crippen molar-refractivity contribution in [3.8, 4) is 0 Å². The van der Waals surface area contributed by atoms with Gasteiger partial charge in [-0.2, -0.15) is 0 Å². The average Bonchev–Trinajstić information content (AvgIpc) is 3.36. The van der Waals surface area contributed by atoms with E-state index in [0.717, 1.165) is 12.0 Å². The number of nitrogens with one attached hydrogen (secondary N) is 1. The van der Waals surface area contributed by atoms with Gasteiger partial charge in [0.15, 0.2) is 0 Å². The molecule has 1 aliphatic carbocycles. The Bertz CT molecular complexity index is 1010. The molecule has 2 aromatic carbocycles. The maximum atomic E-state index is 13.3. The van der Waals surface area contributed by atoms with Crippen LogP contribution < -0.4 is 10.9 Å². The Morgan fingerprint density at radius 2 is 2.08 bits per heavy atom. The van der Waals surface area contributed by atoms with Gasteiger partial charge >= 0.3 is 0 Å². The van der Waals surface area contributed by atoms with Crippen molar-refractivity contribution >= 4 is 16.9 Å². The van der Waals surface area contributed by atoms with Crippen molar-refractivity contribution in [2.45, 2.75) is 24.9 Å². The van der Waals surface area contributed by atoms with Gasteiger partial charge in [0.1, 0.15) is 12.4 Å². The summed E-state index contributed by atoms with van der Waals surface area (Å²) >= 11 is 0. The predicted molar refractivity (Wildman–Crippen MR) is 91.7 cm³/mol. The zero-order valence-corrected chi connectivity index (χ0v) is 13.4. The summed E-state index contributed by atoms with van der Waals surface area (Å²) in [6, 6.07) is 13.6. The molecule has 2 atom stereocenters. The van der Waals surface area contributed by atoms with Gasteiger partial charge in [-0.05, 0) is 36.2 Å². The van der Waals surface area contributed by atoms with Crippen LogP contribution in [0.15, 0.2) is 59.5 Å². The summed E-state index contributed by atoms with van der Waals surface area (Å²) in [5, 5.41) is 2.92. The first-order valence-electron chi connectivity index (χ1n) is 8.11. The minimum Gasteiger partial charge on any atom is -0.351 e. The van der Waals surface area contributed by atoms with Gasteiger partial charge in [-0.1, -0.05) is 24.3 Å². The number of nitrogens with zero attached hydrogens (tertiary/aromatic N) is 2. The van der Waals surface area contributed by atoms with Gasteiger partial charge in [0.25, 0.3) is 5.56 Å². The number of fused-ring (bicyclic) bond motifs is 1. The summed E-state index contributed by atoms with van der Waals surface area (Å²) in [5.74, 6) is -0.378. The molecule has 1 aliphatic rings. The standard InChI is InChI=1S/C19H16FN3O2/c20-13-5-3-4-12(8-13)14-9-16(14)22-18(24)11-23-17-7-2-1-6-15(17)21-10-19(23)25/h1-8,10,14,16H,9,11H2,(H,22,24)/t14-,16+/m1/s1. The normalized spacial score (nSPS) is 18.9. The molecule has 1 N–H and O–H groups in total. The topological polar surface area (TPSA) is 64.0 Å². The molecular weight excluding hydrogens is 321 g/mol. The van der Waals surface area contributed by atoms with Gasteiger partial charge in [-0.15, -0.1) is 0 Å². The van der Waals surface area contributed by atoms with Crippen LogP contribution in [-0.2, 0) is 11.3 Å². The van der Waals surface area contributed by atoms with E-state index in [4.69, 9.17) is 0 Å². The number of aromatic nitrogens is 2. The largest absolute Gasteiger partial charge is 0.351 e. The van der Waals surface area contributed by atoms with Crippen LogP contribution in [0.3, 0.4) is 0 Å². The van der Waals surface area contributed by atoms with Crippen LogP contribution in [0.1, 0.15) is 17.9 Å². The second-order valence-electron chi connectivity index (χ2n) is 6.24. The van der Waals surface area contributed by atoms with Gasteiger partial charge in [0.2, 0.25) is 5.91 Å². The molecule has 25 heavy (non-hydrogen) atoms. The number of hydrogen-bond donors (Lipinski definition) is 1. The number of carbonyl (C=O) groups excluding carboxylic acids is 1. The third-order valence-electron chi connectivity index (χ3n) is 4.47. The minimum absolute atomic E-state index is 0.0156. The third kappa shape index (κ3) is 3.15. The van der Waals surface area contributed by atoms with E-state index in [0.29, 0.717) is 11.0 Å². The van der Waals surface area contributed by atoms with Gasteiger partial charge in [-0.25, -0.2) is 9.37 Å². The van der Waals surface area contributed by atoms with E-state index >= 15 is 0 Å². The highest BCUT2D eigenvalue weighted by molar-refractivity contribution is 5.80. The summed E-state index contributed by atoms with van der Waals surface area (Å²) < 4.78 is 14.7. The van der Waals surface area contributed by atoms with E-state index in [-0.39, 0.29) is 35.8 Å². The SMILES string of the molecule is O=C(Cn1c(=O)cnc2ccccc21)N[C@H]1C[C@@H]1c1cccc(F)c1. The van der Waals surface area contributed by atoms with E-state index in [9.17, 15) is 14.0 Å². The van der Waals surface area contributed by atoms with E-state index in [1.54, 1.807) is 24.3 Å². The molecular formula is C19H16FN3O2. The van der Waals surface area contributed by atoms with Gasteiger partial charge in [-0.3, -0.25) is 14.2 Å². The van der Waals surface area contributed by atoms with E-state index in [1.165, 1.54) is 22.9 Å². The van der Waals surface area contributed by atoms with Crippen molar-refractivity contribution in [2.75, 3.05) is 0 Å². The van der Waals surface area contributed by atoms with Gasteiger partial charge in [0, 0.05) is 12.0 Å². The lowest BCUT2D eigenvalue weighted by atomic mass is 10.1. The summed E-state index contributed by atoms with van der Waals surface area (Å²) in [4.78, 5) is 28.5. The smallest absolute Gasteiger partial charge is 0.269 e. The highest BCUT2D eigenvalue weighted by atomic mass is 19.1. The minimum atomic E-state index is -0.314. The van der Waals surface area contributed by atoms with Crippen molar-refractivity contribution in [3.05, 3.63) is 76.5 Å². The second kappa shape index (κ2) is 6.12. The summed E-state index contributed by atoms with van der Waals surface area (Å²) in [7, 11) is 0. The van der Waals surface area contributed by atoms with E-state index < -0.39 is 0 Å². The van der Waals surface area contributed by atoms with Crippen molar-refractivity contribution in [2.24, 2.45) is 0 Å². The number of para-hydroxylation sites is 2. The van der Waals surface area contributed by atoms with Gasteiger partial charge < -0.3 is 5.32 Å². The van der Waals surface area contributed by atoms with Crippen LogP contribution in [0.4, 0.5) is 4.39 Å². The van der Waals surface area contributed by atoms with Crippen molar-refractivity contribution in [1.29, 1.82) is 0 Å². The molecule has 4 rings (SSSR count). The fourth-order valence-electron chi connectivity index (χ4n) is 3.13. The number of benzene rings is 2. The maximum absolute atomic E-state index is 13.3. The fourth-order valence-corrected chi connectivity index (χ4v) is 3.13. The molecule has 0 radical (unpaired) electrons. The van der Waals surface area contributed by atoms with Crippen LogP contribution in [0, 0.1) is 5.82 Å². The van der Waals surface area contributed by atoms with Crippen molar-refractivity contribution in [3.63, 3.8) is 0 Å². The quantitative estimate of drug-likeness (QED) is 0.794. The maximum Gasteiger partial charge on any atom is 0.269 e. The molecule has 0 unspecified atom stereocenters. The summed E-state index contributed by atoms with van der Waals surface area (Å²) in [6.07, 6.45) is 2.00. The molecule has 126 valence electrons. The first kappa shape index (κ1) is 15.5. The van der Waals surface area contributed by atoms with Crippen molar-refractivity contribution in [1.82, 2.24) is 14.9 Å². The molecule has 0 bridgehead atoms. The first-order valence-corrected chi connectivity index (χ1v) is 8.11. The number of rotatable bonds is 4. The first-order chi connectivity index (χ1) is 12.1. The van der Waals surface area contributed by atoms with Gasteiger partial charge in [0.05, 0.1) is 17.2 Å². The van der Waals surface area contributed by atoms with Crippen LogP contribution >= 0.6 is 0 Å². The fraction of sp³-hybridized carbons (Fsp3) is 0.211. The van der Waals surface area contributed by atoms with Crippen LogP contribution in [0.5, 0.6) is 0 Å². The molecule has 3 aromatic rings. The van der Waals surface area contributed by atoms with E-state index in [1.807, 2.05) is 12.1 Å². The number of halogens is 1. The molecule has 6 heteroatoms. The van der Waals surface area contributed by atoms with Crippen LogP contribution in [0.2, 0.25) is 0 Å². The average molecular weight is 337 g/mol. The lowest BCUT2D eigenvalue weighted by Crippen LogP contribution is -2.34. The van der Waals surface area contributed by atoms with E-state index in [2.05, 4.69) is 10.3 Å². The second-order valence-corrected chi connectivity index (χ2v) is 6.24. The Labute approximate surface area is 143 Å². The third-order valence-corrected chi connectivity index (χ3v) is 4.47. The molecule has 1 fully saturated rings. The Morgan fingerprint density at radius 1 is 1.24 bits per heavy atom. The summed E-state index contributed by atoms with van der Waals surface area (Å²) in [6.45, 7) is -0.0613. The Balaban J connectivity index is 1.47. The Hall–Kier alpha value is -3.02. The molecule has 1 heterocycles. The molecule has 5 nitrogen and oxygen atoms in total. The monoisotopic (exact) mass is 337 g/mol. The zero-order chi connectivity index (χ0) is 17.4. The lowest BCUT2D eigenvalue weighted by molar-refractivity contribution is -0.121. The number of amides is 1. The predicted octanol–water partition coefficient (Wildman–Crippen LogP) is 2.21. The highest BCUT2D eigenvalue weighted by Crippen LogP contribution is 2.40. The molecule has 1 aromatic heterocycles. The number of carbonyl (C=O) groups is 1. The molecule has 0 spiro atoms. The number of hydrogen-bond acceptors (Lipinski definition) is 3. The lowest BCUT2D eigenvalue weighted by Gasteiger charge is -2.10. The van der Waals surface area contributed by atoms with Crippen molar-refractivity contribution < 1.29 is 9.18 Å². The van der Waals surface area contributed by atoms with Crippen LogP contribution in [-0.4, -0.2) is 21.5 Å². The Morgan fingerprint density at radius 3 is 2.92 bits per heavy atom. The summed E-state index contributed by atoms with van der Waals surface area (Å²) in [5.41, 5.74) is 1.87. The molecule has 0 saturated heterocycles. The molecule has 1 saturated carbocycles. The Kier molecular flexibility index (Phi) is 3.80. The highest BCUT2D eigenvalue weighted by Gasteiger charge is 2.39. The zero-order valence-electron chi connectivity index (χ0n) is 13.4. The van der Waals surface area contributed by atoms with Crippen LogP contribution in [0.25, 0.3) is 11.0 Å². The molecule has 0 aliphatic heterocycles.